The van der Waals surface area contributed by atoms with E-state index in [9.17, 15) is 9.59 Å². The van der Waals surface area contributed by atoms with E-state index in [4.69, 9.17) is 0 Å². The van der Waals surface area contributed by atoms with Crippen molar-refractivity contribution in [2.75, 3.05) is 13.1 Å². The molecule has 0 saturated carbocycles. The molecule has 0 aliphatic carbocycles. The molecule has 0 aromatic heterocycles. The lowest BCUT2D eigenvalue weighted by atomic mass is 10.0. The average Bonchev–Trinajstić information content (AvgIpc) is 2.55. The quantitative estimate of drug-likeness (QED) is 0.877. The summed E-state index contributed by atoms with van der Waals surface area (Å²) in [5.74, 6) is 0.362. The smallest absolute Gasteiger partial charge is 0.222 e. The minimum absolute atomic E-state index is 0.136. The van der Waals surface area contributed by atoms with Crippen LogP contribution in [0.3, 0.4) is 0 Å². The summed E-state index contributed by atoms with van der Waals surface area (Å²) in [6, 6.07) is 8.60. The van der Waals surface area contributed by atoms with Gasteiger partial charge in [0.25, 0.3) is 0 Å². The molecule has 1 aromatic rings. The molecule has 1 heterocycles. The van der Waals surface area contributed by atoms with E-state index in [1.54, 1.807) is 0 Å². The van der Waals surface area contributed by atoms with Crippen molar-refractivity contribution < 1.29 is 9.59 Å². The molecular weight excluding hydrogens is 288 g/mol. The zero-order chi connectivity index (χ0) is 16.7. The molecule has 2 amide bonds. The first-order chi connectivity index (χ1) is 11.1. The Morgan fingerprint density at radius 1 is 1.13 bits per heavy atom. The van der Waals surface area contributed by atoms with Gasteiger partial charge >= 0.3 is 0 Å². The number of rotatable bonds is 6. The summed E-state index contributed by atoms with van der Waals surface area (Å²) in [5.41, 5.74) is 2.46. The maximum atomic E-state index is 12.3. The number of aryl methyl sites for hydroxylation is 2. The van der Waals surface area contributed by atoms with E-state index in [1.807, 2.05) is 11.8 Å². The van der Waals surface area contributed by atoms with Gasteiger partial charge in [0.15, 0.2) is 0 Å². The summed E-state index contributed by atoms with van der Waals surface area (Å²) in [5, 5.41) is 3.07. The Balaban J connectivity index is 1.71. The van der Waals surface area contributed by atoms with Gasteiger partial charge in [-0.2, -0.15) is 0 Å². The first kappa shape index (κ1) is 17.5. The van der Waals surface area contributed by atoms with Gasteiger partial charge in [0, 0.05) is 32.0 Å². The Morgan fingerprint density at radius 2 is 1.78 bits per heavy atom. The Kier molecular flexibility index (Phi) is 6.63. The maximum Gasteiger partial charge on any atom is 0.222 e. The number of carbonyl (C=O) groups is 2. The number of carbonyl (C=O) groups excluding carboxylic acids is 2. The number of piperidine rings is 1. The fraction of sp³-hybridized carbons (Fsp3) is 0.579. The zero-order valence-corrected chi connectivity index (χ0v) is 14.3. The molecular formula is C19H28N2O2. The van der Waals surface area contributed by atoms with Gasteiger partial charge in [0.05, 0.1) is 0 Å². The minimum atomic E-state index is 0.136. The predicted octanol–water partition coefficient (Wildman–Crippen LogP) is 2.83. The average molecular weight is 316 g/mol. The summed E-state index contributed by atoms with van der Waals surface area (Å²) >= 11 is 0. The van der Waals surface area contributed by atoms with Crippen molar-refractivity contribution in [3.63, 3.8) is 0 Å². The third-order valence-corrected chi connectivity index (χ3v) is 4.44. The molecule has 4 nitrogen and oxygen atoms in total. The van der Waals surface area contributed by atoms with Crippen LogP contribution in [0, 0.1) is 6.92 Å². The summed E-state index contributed by atoms with van der Waals surface area (Å²) < 4.78 is 0. The van der Waals surface area contributed by atoms with Crippen LogP contribution in [0.5, 0.6) is 0 Å². The fourth-order valence-electron chi connectivity index (χ4n) is 2.96. The van der Waals surface area contributed by atoms with E-state index in [0.29, 0.717) is 12.8 Å². The van der Waals surface area contributed by atoms with Crippen LogP contribution in [0.4, 0.5) is 0 Å². The first-order valence-electron chi connectivity index (χ1n) is 8.71. The summed E-state index contributed by atoms with van der Waals surface area (Å²) in [6.07, 6.45) is 4.57. The molecule has 1 aliphatic heterocycles. The van der Waals surface area contributed by atoms with Gasteiger partial charge in [0.1, 0.15) is 0 Å². The van der Waals surface area contributed by atoms with Crippen LogP contribution in [-0.2, 0) is 16.0 Å². The van der Waals surface area contributed by atoms with E-state index in [0.717, 1.165) is 38.8 Å². The van der Waals surface area contributed by atoms with Crippen molar-refractivity contribution in [1.82, 2.24) is 10.2 Å². The van der Waals surface area contributed by atoms with E-state index in [-0.39, 0.29) is 17.9 Å². The summed E-state index contributed by atoms with van der Waals surface area (Å²) in [6.45, 7) is 5.58. The number of benzene rings is 1. The largest absolute Gasteiger partial charge is 0.353 e. The number of likely N-dealkylation sites (tertiary alicyclic amines) is 1. The molecule has 1 aliphatic rings. The predicted molar refractivity (Wildman–Crippen MR) is 92.2 cm³/mol. The van der Waals surface area contributed by atoms with Gasteiger partial charge in [-0.3, -0.25) is 9.59 Å². The highest BCUT2D eigenvalue weighted by atomic mass is 16.2. The lowest BCUT2D eigenvalue weighted by molar-refractivity contribution is -0.132. The van der Waals surface area contributed by atoms with Crippen molar-refractivity contribution in [1.29, 1.82) is 0 Å². The second-order valence-corrected chi connectivity index (χ2v) is 6.46. The van der Waals surface area contributed by atoms with E-state index < -0.39 is 0 Å². The summed E-state index contributed by atoms with van der Waals surface area (Å²) in [4.78, 5) is 25.9. The second kappa shape index (κ2) is 8.70. The third kappa shape index (κ3) is 5.70. The van der Waals surface area contributed by atoms with Gasteiger partial charge in [0.2, 0.25) is 11.8 Å². The van der Waals surface area contributed by atoms with Crippen molar-refractivity contribution in [2.45, 2.75) is 58.4 Å². The molecule has 0 atom stereocenters. The molecule has 23 heavy (non-hydrogen) atoms. The number of hydrogen-bond acceptors (Lipinski definition) is 2. The first-order valence-corrected chi connectivity index (χ1v) is 8.71. The standard InChI is InChI=1S/C19H28N2O2/c1-3-4-18(22)20-17-11-13-21(14-12-17)19(23)10-9-16-7-5-15(2)6-8-16/h5-8,17H,3-4,9-14H2,1-2H3,(H,20,22). The Hall–Kier alpha value is -1.84. The highest BCUT2D eigenvalue weighted by molar-refractivity contribution is 5.77. The van der Waals surface area contributed by atoms with Crippen molar-refractivity contribution in [3.05, 3.63) is 35.4 Å². The number of nitrogens with one attached hydrogen (secondary N) is 1. The van der Waals surface area contributed by atoms with Crippen molar-refractivity contribution >= 4 is 11.8 Å². The molecule has 0 spiro atoms. The topological polar surface area (TPSA) is 49.4 Å². The molecule has 4 heteroatoms. The molecule has 0 unspecified atom stereocenters. The van der Waals surface area contributed by atoms with E-state index >= 15 is 0 Å². The minimum Gasteiger partial charge on any atom is -0.353 e. The Bertz CT molecular complexity index is 517. The van der Waals surface area contributed by atoms with E-state index in [1.165, 1.54) is 11.1 Å². The van der Waals surface area contributed by atoms with Gasteiger partial charge < -0.3 is 10.2 Å². The van der Waals surface area contributed by atoms with Crippen molar-refractivity contribution in [2.24, 2.45) is 0 Å². The normalized spacial score (nSPS) is 15.5. The van der Waals surface area contributed by atoms with Crippen LogP contribution in [0.25, 0.3) is 0 Å². The van der Waals surface area contributed by atoms with Gasteiger partial charge in [-0.15, -0.1) is 0 Å². The lowest BCUT2D eigenvalue weighted by Crippen LogP contribution is -2.46. The van der Waals surface area contributed by atoms with Crippen LogP contribution < -0.4 is 5.32 Å². The molecule has 0 bridgehead atoms. The lowest BCUT2D eigenvalue weighted by Gasteiger charge is -2.32. The molecule has 126 valence electrons. The highest BCUT2D eigenvalue weighted by Crippen LogP contribution is 2.13. The van der Waals surface area contributed by atoms with Crippen LogP contribution in [0.1, 0.15) is 50.2 Å². The molecule has 1 fully saturated rings. The van der Waals surface area contributed by atoms with Crippen LogP contribution >= 0.6 is 0 Å². The molecule has 1 N–H and O–H groups in total. The fourth-order valence-corrected chi connectivity index (χ4v) is 2.96. The number of hydrogen-bond donors (Lipinski definition) is 1. The number of nitrogens with zero attached hydrogens (tertiary/aromatic N) is 1. The van der Waals surface area contributed by atoms with Crippen LogP contribution in [0.15, 0.2) is 24.3 Å². The summed E-state index contributed by atoms with van der Waals surface area (Å²) in [7, 11) is 0. The maximum absolute atomic E-state index is 12.3. The van der Waals surface area contributed by atoms with E-state index in [2.05, 4.69) is 36.5 Å². The zero-order valence-electron chi connectivity index (χ0n) is 14.3. The Labute approximate surface area is 139 Å². The van der Waals surface area contributed by atoms with Crippen LogP contribution in [0.2, 0.25) is 0 Å². The molecule has 1 aromatic carbocycles. The van der Waals surface area contributed by atoms with Crippen molar-refractivity contribution in [3.8, 4) is 0 Å². The van der Waals surface area contributed by atoms with Gasteiger partial charge in [-0.25, -0.2) is 0 Å². The van der Waals surface area contributed by atoms with Crippen LogP contribution in [-0.4, -0.2) is 35.8 Å². The molecule has 1 saturated heterocycles. The molecule has 0 radical (unpaired) electrons. The van der Waals surface area contributed by atoms with Gasteiger partial charge in [-0.05, 0) is 38.2 Å². The molecule has 2 rings (SSSR count). The number of amides is 2. The SMILES string of the molecule is CCCC(=O)NC1CCN(C(=O)CCc2ccc(C)cc2)CC1. The Morgan fingerprint density at radius 3 is 2.39 bits per heavy atom. The monoisotopic (exact) mass is 316 g/mol. The van der Waals surface area contributed by atoms with Gasteiger partial charge in [-0.1, -0.05) is 36.8 Å². The second-order valence-electron chi connectivity index (χ2n) is 6.46. The third-order valence-electron chi connectivity index (χ3n) is 4.44. The highest BCUT2D eigenvalue weighted by Gasteiger charge is 2.23.